The summed E-state index contributed by atoms with van der Waals surface area (Å²) in [7, 11) is 3.86. The smallest absolute Gasteiger partial charge is 0.118 e. The van der Waals surface area contributed by atoms with E-state index in [1.54, 1.807) is 7.11 Å². The number of nitrogens with one attached hydrogen (secondary N) is 1. The Labute approximate surface area is 123 Å². The van der Waals surface area contributed by atoms with Gasteiger partial charge >= 0.3 is 0 Å². The van der Waals surface area contributed by atoms with Crippen LogP contribution in [0.2, 0.25) is 0 Å². The summed E-state index contributed by atoms with van der Waals surface area (Å²) in [4.78, 5) is 2.28. The van der Waals surface area contributed by atoms with Crippen molar-refractivity contribution >= 4 is 0 Å². The van der Waals surface area contributed by atoms with Crippen molar-refractivity contribution in [3.8, 4) is 0 Å². The minimum Gasteiger partial charge on any atom is -0.465 e. The SMILES string of the molecule is COCC(C)N(C)Cc1cc(CNCC(C)C)oc1C. The topological polar surface area (TPSA) is 37.6 Å². The molecule has 0 saturated carbocycles. The molecule has 0 spiro atoms. The maximum atomic E-state index is 5.82. The van der Waals surface area contributed by atoms with Crippen molar-refractivity contribution in [1.82, 2.24) is 10.2 Å². The second-order valence-corrected chi connectivity index (χ2v) is 6.04. The molecule has 0 saturated heterocycles. The zero-order valence-corrected chi connectivity index (χ0v) is 13.8. The highest BCUT2D eigenvalue weighted by Crippen LogP contribution is 2.17. The van der Waals surface area contributed by atoms with Gasteiger partial charge in [-0.3, -0.25) is 4.90 Å². The van der Waals surface area contributed by atoms with Crippen LogP contribution in [0.4, 0.5) is 0 Å². The van der Waals surface area contributed by atoms with Gasteiger partial charge in [0.15, 0.2) is 0 Å². The minimum atomic E-state index is 0.400. The zero-order valence-electron chi connectivity index (χ0n) is 13.8. The maximum Gasteiger partial charge on any atom is 0.118 e. The van der Waals surface area contributed by atoms with E-state index in [1.165, 1.54) is 5.56 Å². The molecule has 0 amide bonds. The average Bonchev–Trinajstić information content (AvgIpc) is 2.69. The van der Waals surface area contributed by atoms with Crippen LogP contribution in [0.1, 0.15) is 37.9 Å². The van der Waals surface area contributed by atoms with Gasteiger partial charge in [-0.25, -0.2) is 0 Å². The number of likely N-dealkylation sites (N-methyl/N-ethyl adjacent to an activating group) is 1. The van der Waals surface area contributed by atoms with E-state index < -0.39 is 0 Å². The van der Waals surface area contributed by atoms with E-state index in [0.717, 1.165) is 37.8 Å². The van der Waals surface area contributed by atoms with Gasteiger partial charge in [-0.15, -0.1) is 0 Å². The monoisotopic (exact) mass is 282 g/mol. The summed E-state index contributed by atoms with van der Waals surface area (Å²) in [6.07, 6.45) is 0. The van der Waals surface area contributed by atoms with Crippen molar-refractivity contribution in [3.05, 3.63) is 23.2 Å². The van der Waals surface area contributed by atoms with Crippen LogP contribution in [0.3, 0.4) is 0 Å². The van der Waals surface area contributed by atoms with Crippen molar-refractivity contribution in [2.45, 2.75) is 46.8 Å². The van der Waals surface area contributed by atoms with Crippen LogP contribution in [0, 0.1) is 12.8 Å². The molecule has 116 valence electrons. The number of methoxy groups -OCH3 is 1. The van der Waals surface area contributed by atoms with Gasteiger partial charge in [-0.2, -0.15) is 0 Å². The van der Waals surface area contributed by atoms with E-state index in [1.807, 2.05) is 6.92 Å². The van der Waals surface area contributed by atoms with Gasteiger partial charge in [-0.1, -0.05) is 13.8 Å². The third-order valence-corrected chi connectivity index (χ3v) is 3.50. The van der Waals surface area contributed by atoms with Crippen LogP contribution in [0.15, 0.2) is 10.5 Å². The molecular formula is C16H30N2O2. The number of aryl methyl sites for hydroxylation is 1. The number of furan rings is 1. The Kier molecular flexibility index (Phi) is 7.27. The lowest BCUT2D eigenvalue weighted by molar-refractivity contribution is 0.111. The molecule has 1 aromatic rings. The first-order valence-electron chi connectivity index (χ1n) is 7.42. The number of hydrogen-bond acceptors (Lipinski definition) is 4. The summed E-state index contributed by atoms with van der Waals surface area (Å²) in [6, 6.07) is 2.57. The Morgan fingerprint density at radius 1 is 1.35 bits per heavy atom. The predicted octanol–water partition coefficient (Wildman–Crippen LogP) is 2.80. The largest absolute Gasteiger partial charge is 0.465 e. The summed E-state index contributed by atoms with van der Waals surface area (Å²) in [5, 5.41) is 3.41. The Hall–Kier alpha value is -0.840. The highest BCUT2D eigenvalue weighted by atomic mass is 16.5. The normalized spacial score (nSPS) is 13.4. The Morgan fingerprint density at radius 3 is 2.65 bits per heavy atom. The molecule has 0 aliphatic rings. The molecule has 1 heterocycles. The summed E-state index contributed by atoms with van der Waals surface area (Å²) in [6.45, 7) is 12.1. The number of nitrogens with zero attached hydrogens (tertiary/aromatic N) is 1. The van der Waals surface area contributed by atoms with Crippen molar-refractivity contribution in [1.29, 1.82) is 0 Å². The van der Waals surface area contributed by atoms with E-state index >= 15 is 0 Å². The second kappa shape index (κ2) is 8.45. The Bertz CT molecular complexity index is 388. The fourth-order valence-electron chi connectivity index (χ4n) is 2.11. The third-order valence-electron chi connectivity index (χ3n) is 3.50. The molecule has 0 aliphatic carbocycles. The summed E-state index contributed by atoms with van der Waals surface area (Å²) in [5.74, 6) is 2.69. The summed E-state index contributed by atoms with van der Waals surface area (Å²) in [5.41, 5.74) is 1.26. The number of hydrogen-bond donors (Lipinski definition) is 1. The van der Waals surface area contributed by atoms with Gasteiger partial charge in [0, 0.05) is 25.3 Å². The van der Waals surface area contributed by atoms with Crippen LogP contribution < -0.4 is 5.32 Å². The fourth-order valence-corrected chi connectivity index (χ4v) is 2.11. The molecule has 1 atom stereocenters. The molecule has 1 unspecified atom stereocenters. The van der Waals surface area contributed by atoms with Gasteiger partial charge in [0.1, 0.15) is 11.5 Å². The van der Waals surface area contributed by atoms with Crippen molar-refractivity contribution < 1.29 is 9.15 Å². The van der Waals surface area contributed by atoms with Crippen molar-refractivity contribution in [2.75, 3.05) is 27.3 Å². The van der Waals surface area contributed by atoms with Crippen molar-refractivity contribution in [2.24, 2.45) is 5.92 Å². The van der Waals surface area contributed by atoms with Crippen LogP contribution in [0.5, 0.6) is 0 Å². The molecule has 0 radical (unpaired) electrons. The van der Waals surface area contributed by atoms with Gasteiger partial charge in [0.2, 0.25) is 0 Å². The van der Waals surface area contributed by atoms with E-state index in [9.17, 15) is 0 Å². The lowest BCUT2D eigenvalue weighted by Crippen LogP contribution is -2.32. The first-order valence-corrected chi connectivity index (χ1v) is 7.42. The van der Waals surface area contributed by atoms with E-state index in [0.29, 0.717) is 12.0 Å². The van der Waals surface area contributed by atoms with E-state index in [4.69, 9.17) is 9.15 Å². The predicted molar refractivity (Wildman–Crippen MR) is 82.8 cm³/mol. The van der Waals surface area contributed by atoms with Gasteiger partial charge in [0.25, 0.3) is 0 Å². The van der Waals surface area contributed by atoms with Gasteiger partial charge < -0.3 is 14.5 Å². The molecule has 0 bridgehead atoms. The quantitative estimate of drug-likeness (QED) is 0.756. The Balaban J connectivity index is 2.52. The molecule has 4 nitrogen and oxygen atoms in total. The molecule has 1 aromatic heterocycles. The van der Waals surface area contributed by atoms with Crippen molar-refractivity contribution in [3.63, 3.8) is 0 Å². The summed E-state index contributed by atoms with van der Waals surface area (Å²) >= 11 is 0. The molecule has 1 N–H and O–H groups in total. The zero-order chi connectivity index (χ0) is 15.1. The van der Waals surface area contributed by atoms with Crippen LogP contribution >= 0.6 is 0 Å². The standard InChI is InChI=1S/C16H30N2O2/c1-12(2)8-17-9-16-7-15(14(4)20-16)10-18(5)13(3)11-19-6/h7,12-13,17H,8-11H2,1-6H3. The van der Waals surface area contributed by atoms with Gasteiger partial charge in [0.05, 0.1) is 13.2 Å². The molecular weight excluding hydrogens is 252 g/mol. The highest BCUT2D eigenvalue weighted by molar-refractivity contribution is 5.20. The molecule has 1 rings (SSSR count). The molecule has 20 heavy (non-hydrogen) atoms. The second-order valence-electron chi connectivity index (χ2n) is 6.04. The Morgan fingerprint density at radius 2 is 2.05 bits per heavy atom. The highest BCUT2D eigenvalue weighted by Gasteiger charge is 2.13. The van der Waals surface area contributed by atoms with E-state index in [2.05, 4.69) is 44.1 Å². The minimum absolute atomic E-state index is 0.400. The lowest BCUT2D eigenvalue weighted by atomic mass is 10.2. The van der Waals surface area contributed by atoms with E-state index in [-0.39, 0.29) is 0 Å². The molecule has 0 aromatic carbocycles. The summed E-state index contributed by atoms with van der Waals surface area (Å²) < 4.78 is 11.0. The molecule has 0 aliphatic heterocycles. The molecule has 0 fully saturated rings. The average molecular weight is 282 g/mol. The fraction of sp³-hybridized carbons (Fsp3) is 0.750. The lowest BCUT2D eigenvalue weighted by Gasteiger charge is -2.23. The number of ether oxygens (including phenoxy) is 1. The first-order chi connectivity index (χ1) is 9.43. The number of rotatable bonds is 9. The van der Waals surface area contributed by atoms with Crippen LogP contribution in [-0.4, -0.2) is 38.3 Å². The van der Waals surface area contributed by atoms with Gasteiger partial charge in [-0.05, 0) is 39.4 Å². The molecule has 4 heteroatoms. The maximum absolute atomic E-state index is 5.82. The first kappa shape index (κ1) is 17.2. The van der Waals surface area contributed by atoms with Crippen LogP contribution in [0.25, 0.3) is 0 Å². The van der Waals surface area contributed by atoms with Crippen LogP contribution in [-0.2, 0) is 17.8 Å². The third kappa shape index (κ3) is 5.65.